The minimum atomic E-state index is -0.177. The minimum absolute atomic E-state index is 0.177. The van der Waals surface area contributed by atoms with E-state index in [2.05, 4.69) is 16.5 Å². The summed E-state index contributed by atoms with van der Waals surface area (Å²) in [4.78, 5) is 17.4. The molecule has 0 aromatic carbocycles. The molecule has 5 heteroatoms. The summed E-state index contributed by atoms with van der Waals surface area (Å²) in [5, 5.41) is 0. The predicted molar refractivity (Wildman–Crippen MR) is 57.9 cm³/mol. The first-order valence-corrected chi connectivity index (χ1v) is 4.80. The Bertz CT molecular complexity index is 348. The number of halogens is 1. The molecular formula is C8H9IN2O2. The summed E-state index contributed by atoms with van der Waals surface area (Å²) < 4.78 is 5.72. The highest BCUT2D eigenvalue weighted by Gasteiger charge is 2.04. The molecule has 0 spiro atoms. The van der Waals surface area contributed by atoms with Crippen LogP contribution < -0.4 is 10.3 Å². The molecule has 13 heavy (non-hydrogen) atoms. The lowest BCUT2D eigenvalue weighted by molar-refractivity contribution is 0.308. The molecule has 0 aliphatic rings. The zero-order valence-corrected chi connectivity index (χ0v) is 9.08. The molecule has 1 N–H and O–H groups in total. The Hall–Kier alpha value is -0.850. The molecule has 0 unspecified atom stereocenters. The van der Waals surface area contributed by atoms with E-state index in [0.29, 0.717) is 16.1 Å². The van der Waals surface area contributed by atoms with Crippen molar-refractivity contribution in [2.75, 3.05) is 6.61 Å². The van der Waals surface area contributed by atoms with Crippen molar-refractivity contribution in [3.05, 3.63) is 32.9 Å². The van der Waals surface area contributed by atoms with Gasteiger partial charge in [-0.05, 0) is 29.0 Å². The number of rotatable bonds is 4. The zero-order chi connectivity index (χ0) is 9.68. The molecule has 0 atom stereocenters. The van der Waals surface area contributed by atoms with Crippen LogP contribution in [0.25, 0.3) is 0 Å². The topological polar surface area (TPSA) is 55.0 Å². The Kier molecular flexibility index (Phi) is 3.94. The van der Waals surface area contributed by atoms with Gasteiger partial charge in [-0.3, -0.25) is 4.79 Å². The molecule has 0 aliphatic heterocycles. The number of ether oxygens (including phenoxy) is 1. The average molecular weight is 292 g/mol. The standard InChI is InChI=1S/C8H9IN2O2/c1-2-3-4-13-8-6(9)7(12)10-5-11-8/h2,5H,1,3-4H2,(H,10,11,12). The highest BCUT2D eigenvalue weighted by atomic mass is 127. The third kappa shape index (κ3) is 2.83. The Balaban J connectivity index is 2.71. The van der Waals surface area contributed by atoms with Crippen LogP contribution in [0.4, 0.5) is 0 Å². The van der Waals surface area contributed by atoms with Crippen LogP contribution in [0.15, 0.2) is 23.8 Å². The third-order valence-corrected chi connectivity index (χ3v) is 2.28. The van der Waals surface area contributed by atoms with Gasteiger partial charge in [0.25, 0.3) is 5.56 Å². The fraction of sp³-hybridized carbons (Fsp3) is 0.250. The fourth-order valence-electron chi connectivity index (χ4n) is 0.706. The molecular weight excluding hydrogens is 283 g/mol. The quantitative estimate of drug-likeness (QED) is 0.517. The first-order chi connectivity index (χ1) is 6.25. The van der Waals surface area contributed by atoms with E-state index in [9.17, 15) is 4.79 Å². The van der Waals surface area contributed by atoms with Crippen LogP contribution in [0.2, 0.25) is 0 Å². The van der Waals surface area contributed by atoms with Crippen molar-refractivity contribution in [1.82, 2.24) is 9.97 Å². The van der Waals surface area contributed by atoms with Crippen molar-refractivity contribution < 1.29 is 4.74 Å². The van der Waals surface area contributed by atoms with E-state index in [0.717, 1.165) is 6.42 Å². The van der Waals surface area contributed by atoms with Gasteiger partial charge >= 0.3 is 0 Å². The lowest BCUT2D eigenvalue weighted by atomic mass is 10.4. The van der Waals surface area contributed by atoms with Crippen molar-refractivity contribution in [3.8, 4) is 5.88 Å². The number of H-pyrrole nitrogens is 1. The molecule has 0 fully saturated rings. The summed E-state index contributed by atoms with van der Waals surface area (Å²) in [6.45, 7) is 4.06. The van der Waals surface area contributed by atoms with Gasteiger partial charge in [-0.15, -0.1) is 6.58 Å². The SMILES string of the molecule is C=CCCOc1nc[nH]c(=O)c1I. The Morgan fingerprint density at radius 1 is 1.77 bits per heavy atom. The molecule has 1 rings (SSSR count). The van der Waals surface area contributed by atoms with Gasteiger partial charge in [0.05, 0.1) is 12.9 Å². The molecule has 0 saturated carbocycles. The van der Waals surface area contributed by atoms with Crippen LogP contribution in [-0.2, 0) is 0 Å². The smallest absolute Gasteiger partial charge is 0.268 e. The second-order valence-corrected chi connectivity index (χ2v) is 3.36. The van der Waals surface area contributed by atoms with Crippen LogP contribution >= 0.6 is 22.6 Å². The van der Waals surface area contributed by atoms with Crippen molar-refractivity contribution >= 4 is 22.6 Å². The van der Waals surface area contributed by atoms with Gasteiger partial charge in [0, 0.05) is 0 Å². The van der Waals surface area contributed by atoms with Gasteiger partial charge in [-0.2, -0.15) is 0 Å². The summed E-state index contributed by atoms with van der Waals surface area (Å²) >= 11 is 1.90. The first kappa shape index (κ1) is 10.2. The van der Waals surface area contributed by atoms with E-state index in [1.165, 1.54) is 6.33 Å². The number of hydrogen-bond donors (Lipinski definition) is 1. The molecule has 1 aromatic heterocycles. The summed E-state index contributed by atoms with van der Waals surface area (Å²) in [6.07, 6.45) is 3.82. The number of aromatic amines is 1. The second-order valence-electron chi connectivity index (χ2n) is 2.28. The lowest BCUT2D eigenvalue weighted by Crippen LogP contribution is -2.13. The normalized spacial score (nSPS) is 9.62. The van der Waals surface area contributed by atoms with Gasteiger partial charge in [-0.1, -0.05) is 6.08 Å². The zero-order valence-electron chi connectivity index (χ0n) is 6.92. The number of nitrogens with zero attached hydrogens (tertiary/aromatic N) is 1. The van der Waals surface area contributed by atoms with Crippen molar-refractivity contribution in [2.45, 2.75) is 6.42 Å². The summed E-state index contributed by atoms with van der Waals surface area (Å²) in [5.74, 6) is 0.381. The molecule has 4 nitrogen and oxygen atoms in total. The summed E-state index contributed by atoms with van der Waals surface area (Å²) in [6, 6.07) is 0. The number of nitrogens with one attached hydrogen (secondary N) is 1. The van der Waals surface area contributed by atoms with Crippen LogP contribution in [0.5, 0.6) is 5.88 Å². The van der Waals surface area contributed by atoms with Crippen molar-refractivity contribution in [3.63, 3.8) is 0 Å². The molecule has 1 aromatic rings. The van der Waals surface area contributed by atoms with E-state index in [1.807, 2.05) is 22.6 Å². The number of aromatic nitrogens is 2. The molecule has 0 saturated heterocycles. The van der Waals surface area contributed by atoms with E-state index < -0.39 is 0 Å². The van der Waals surface area contributed by atoms with Crippen molar-refractivity contribution in [1.29, 1.82) is 0 Å². The lowest BCUT2D eigenvalue weighted by Gasteiger charge is -2.03. The van der Waals surface area contributed by atoms with Crippen LogP contribution in [0.3, 0.4) is 0 Å². The predicted octanol–water partition coefficient (Wildman–Crippen LogP) is 1.33. The van der Waals surface area contributed by atoms with E-state index in [-0.39, 0.29) is 5.56 Å². The van der Waals surface area contributed by atoms with E-state index in [4.69, 9.17) is 4.74 Å². The monoisotopic (exact) mass is 292 g/mol. The van der Waals surface area contributed by atoms with Gasteiger partial charge in [0.15, 0.2) is 0 Å². The maximum absolute atomic E-state index is 11.1. The summed E-state index contributed by atoms with van der Waals surface area (Å²) in [7, 11) is 0. The molecule has 0 radical (unpaired) electrons. The van der Waals surface area contributed by atoms with Crippen LogP contribution in [0.1, 0.15) is 6.42 Å². The van der Waals surface area contributed by atoms with E-state index >= 15 is 0 Å². The maximum Gasteiger partial charge on any atom is 0.268 e. The molecule has 0 amide bonds. The molecule has 70 valence electrons. The van der Waals surface area contributed by atoms with Crippen LogP contribution in [-0.4, -0.2) is 16.6 Å². The minimum Gasteiger partial charge on any atom is -0.476 e. The Morgan fingerprint density at radius 2 is 2.54 bits per heavy atom. The van der Waals surface area contributed by atoms with Gasteiger partial charge in [0.1, 0.15) is 3.57 Å². The highest BCUT2D eigenvalue weighted by Crippen LogP contribution is 2.11. The van der Waals surface area contributed by atoms with Gasteiger partial charge in [0.2, 0.25) is 5.88 Å². The largest absolute Gasteiger partial charge is 0.476 e. The second kappa shape index (κ2) is 5.00. The highest BCUT2D eigenvalue weighted by molar-refractivity contribution is 14.1. The Morgan fingerprint density at radius 3 is 3.23 bits per heavy atom. The van der Waals surface area contributed by atoms with Crippen LogP contribution in [0, 0.1) is 3.57 Å². The Labute approximate surface area is 89.2 Å². The number of hydrogen-bond acceptors (Lipinski definition) is 3. The van der Waals surface area contributed by atoms with Gasteiger partial charge in [-0.25, -0.2) is 4.98 Å². The molecule has 0 bridgehead atoms. The average Bonchev–Trinajstić information content (AvgIpc) is 2.13. The van der Waals surface area contributed by atoms with Crippen molar-refractivity contribution in [2.24, 2.45) is 0 Å². The first-order valence-electron chi connectivity index (χ1n) is 3.72. The van der Waals surface area contributed by atoms with E-state index in [1.54, 1.807) is 6.08 Å². The molecule has 0 aliphatic carbocycles. The summed E-state index contributed by atoms with van der Waals surface area (Å²) in [5.41, 5.74) is -0.177. The fourth-order valence-corrected chi connectivity index (χ4v) is 1.16. The maximum atomic E-state index is 11.1. The third-order valence-electron chi connectivity index (χ3n) is 1.33. The molecule has 1 heterocycles. The van der Waals surface area contributed by atoms with Gasteiger partial charge < -0.3 is 9.72 Å².